The number of amides is 1. The summed E-state index contributed by atoms with van der Waals surface area (Å²) >= 11 is 7.10. The maximum atomic E-state index is 12.3. The molecule has 1 amide bonds. The van der Waals surface area contributed by atoms with E-state index in [0.29, 0.717) is 16.2 Å². The molecule has 0 bridgehead atoms. The molecule has 1 fully saturated rings. The van der Waals surface area contributed by atoms with Gasteiger partial charge in [-0.15, -0.1) is 11.3 Å². The lowest BCUT2D eigenvalue weighted by molar-refractivity contribution is 0.0666. The summed E-state index contributed by atoms with van der Waals surface area (Å²) in [5, 5.41) is 8.73. The van der Waals surface area contributed by atoms with E-state index in [2.05, 4.69) is 9.64 Å². The van der Waals surface area contributed by atoms with Gasteiger partial charge >= 0.3 is 6.16 Å². The van der Waals surface area contributed by atoms with Crippen LogP contribution in [0.3, 0.4) is 0 Å². The van der Waals surface area contributed by atoms with Gasteiger partial charge in [-0.3, -0.25) is 4.79 Å². The zero-order valence-corrected chi connectivity index (χ0v) is 12.6. The van der Waals surface area contributed by atoms with Crippen LogP contribution < -0.4 is 4.74 Å². The topological polar surface area (TPSA) is 70.1 Å². The van der Waals surface area contributed by atoms with Gasteiger partial charge in [-0.2, -0.15) is 0 Å². The molecular formula is C10H12N2O4S3. The second-order valence-electron chi connectivity index (χ2n) is 4.03. The first kappa shape index (κ1) is 14.4. The molecule has 0 atom stereocenters. The van der Waals surface area contributed by atoms with Gasteiger partial charge in [0.25, 0.3) is 5.91 Å². The van der Waals surface area contributed by atoms with Gasteiger partial charge in [0.15, 0.2) is 0 Å². The Hall–Kier alpha value is -1.03. The van der Waals surface area contributed by atoms with Crippen molar-refractivity contribution in [2.24, 2.45) is 0 Å². The lowest BCUT2D eigenvalue weighted by Crippen LogP contribution is -2.47. The highest BCUT2D eigenvalue weighted by Gasteiger charge is 2.26. The van der Waals surface area contributed by atoms with Crippen LogP contribution in [-0.2, 0) is 0 Å². The third kappa shape index (κ3) is 3.50. The van der Waals surface area contributed by atoms with Gasteiger partial charge in [0.1, 0.15) is 8.01 Å². The fourth-order valence-corrected chi connectivity index (χ4v) is 4.02. The van der Waals surface area contributed by atoms with Crippen molar-refractivity contribution in [1.29, 1.82) is 0 Å². The fraction of sp³-hybridized carbons (Fsp3) is 0.500. The number of hydrogen-bond donors (Lipinski definition) is 1. The summed E-state index contributed by atoms with van der Waals surface area (Å²) in [6.07, 6.45) is -1.43. The van der Waals surface area contributed by atoms with Crippen LogP contribution in [0.1, 0.15) is 9.67 Å². The van der Waals surface area contributed by atoms with E-state index in [1.165, 1.54) is 0 Å². The van der Waals surface area contributed by atoms with Crippen LogP contribution in [0.2, 0.25) is 0 Å². The second-order valence-corrected chi connectivity index (χ2v) is 7.22. The van der Waals surface area contributed by atoms with Crippen molar-refractivity contribution in [2.75, 3.05) is 33.2 Å². The number of carboxylic acid groups (broad SMARTS) is 1. The number of piperazine rings is 1. The van der Waals surface area contributed by atoms with Gasteiger partial charge in [-0.1, -0.05) is 23.6 Å². The molecule has 0 radical (unpaired) electrons. The van der Waals surface area contributed by atoms with Gasteiger partial charge in [-0.05, 0) is 7.05 Å². The van der Waals surface area contributed by atoms with Crippen molar-refractivity contribution in [3.05, 3.63) is 8.01 Å². The van der Waals surface area contributed by atoms with E-state index in [1.54, 1.807) is 4.90 Å². The summed E-state index contributed by atoms with van der Waals surface area (Å²) in [6, 6.07) is 0. The number of hydrogen-bond acceptors (Lipinski definition) is 7. The quantitative estimate of drug-likeness (QED) is 0.664. The van der Waals surface area contributed by atoms with Crippen molar-refractivity contribution in [1.82, 2.24) is 9.80 Å². The van der Waals surface area contributed by atoms with E-state index >= 15 is 0 Å². The van der Waals surface area contributed by atoms with Crippen LogP contribution in [0.5, 0.6) is 5.06 Å². The minimum absolute atomic E-state index is 0.0754. The summed E-state index contributed by atoms with van der Waals surface area (Å²) in [6.45, 7) is 2.85. The highest BCUT2D eigenvalue weighted by molar-refractivity contribution is 7.76. The first-order valence-corrected chi connectivity index (χ1v) is 7.54. The zero-order chi connectivity index (χ0) is 14.0. The summed E-state index contributed by atoms with van der Waals surface area (Å²) in [5.74, 6) is -0.207. The van der Waals surface area contributed by atoms with Crippen LogP contribution in [-0.4, -0.2) is 60.2 Å². The third-order valence-electron chi connectivity index (χ3n) is 2.71. The average molecular weight is 320 g/mol. The Morgan fingerprint density at radius 1 is 1.26 bits per heavy atom. The number of carbonyl (C=O) groups is 2. The largest absolute Gasteiger partial charge is 0.512 e. The van der Waals surface area contributed by atoms with Crippen LogP contribution in [0.15, 0.2) is 0 Å². The minimum atomic E-state index is -1.43. The Bertz CT molecular complexity index is 545. The maximum absolute atomic E-state index is 12.3. The fourth-order valence-electron chi connectivity index (χ4n) is 1.70. The Balaban J connectivity index is 2.18. The Kier molecular flexibility index (Phi) is 4.50. The Morgan fingerprint density at radius 3 is 2.47 bits per heavy atom. The number of ether oxygens (including phenoxy) is 1. The molecule has 0 aromatic carbocycles. The Labute approximate surface area is 122 Å². The van der Waals surface area contributed by atoms with E-state index in [4.69, 9.17) is 17.3 Å². The molecule has 1 aromatic rings. The van der Waals surface area contributed by atoms with Gasteiger partial charge in [0.2, 0.25) is 5.06 Å². The van der Waals surface area contributed by atoms with E-state index in [9.17, 15) is 9.59 Å². The number of nitrogens with zero attached hydrogens (tertiary/aromatic N) is 2. The lowest BCUT2D eigenvalue weighted by Gasteiger charge is -2.32. The molecule has 0 aliphatic carbocycles. The number of rotatable bonds is 2. The van der Waals surface area contributed by atoms with E-state index in [1.807, 2.05) is 7.05 Å². The molecule has 0 spiro atoms. The number of carbonyl (C=O) groups excluding carboxylic acids is 1. The molecule has 2 heterocycles. The van der Waals surface area contributed by atoms with Gasteiger partial charge in [-0.25, -0.2) is 4.79 Å². The van der Waals surface area contributed by atoms with Gasteiger partial charge in [0, 0.05) is 26.2 Å². The molecule has 0 unspecified atom stereocenters. The molecule has 19 heavy (non-hydrogen) atoms. The highest BCUT2D eigenvalue weighted by atomic mass is 32.2. The SMILES string of the molecule is CN1CCN(C(=O)c2sc(=S)sc2OC(=O)O)CC1. The van der Waals surface area contributed by atoms with E-state index < -0.39 is 6.16 Å². The first-order chi connectivity index (χ1) is 8.97. The predicted octanol–water partition coefficient (Wildman–Crippen LogP) is 1.98. The van der Waals surface area contributed by atoms with Crippen molar-refractivity contribution in [3.8, 4) is 5.06 Å². The van der Waals surface area contributed by atoms with Crippen molar-refractivity contribution in [3.63, 3.8) is 0 Å². The van der Waals surface area contributed by atoms with Crippen molar-refractivity contribution in [2.45, 2.75) is 0 Å². The predicted molar refractivity (Wildman–Crippen MR) is 75.1 cm³/mol. The molecule has 1 saturated heterocycles. The van der Waals surface area contributed by atoms with Crippen LogP contribution in [0.25, 0.3) is 0 Å². The first-order valence-electron chi connectivity index (χ1n) is 5.50. The smallest absolute Gasteiger partial charge is 0.449 e. The zero-order valence-electron chi connectivity index (χ0n) is 10.1. The molecule has 2 rings (SSSR count). The minimum Gasteiger partial charge on any atom is -0.449 e. The standard InChI is InChI=1S/C10H12N2O4S3/c1-11-2-4-12(5-3-11)7(13)6-8(16-9(14)15)19-10(17)18-6/h2-5H2,1H3,(H,14,15). The molecule has 9 heteroatoms. The summed E-state index contributed by atoms with van der Waals surface area (Å²) in [5.41, 5.74) is 0. The van der Waals surface area contributed by atoms with Crippen molar-refractivity contribution >= 4 is 47.0 Å². The van der Waals surface area contributed by atoms with E-state index in [0.717, 1.165) is 35.8 Å². The van der Waals surface area contributed by atoms with E-state index in [-0.39, 0.29) is 15.8 Å². The van der Waals surface area contributed by atoms with Gasteiger partial charge < -0.3 is 19.6 Å². The summed E-state index contributed by atoms with van der Waals surface area (Å²) in [4.78, 5) is 27.0. The average Bonchev–Trinajstić information content (AvgIpc) is 2.69. The third-order valence-corrected chi connectivity index (χ3v) is 5.21. The lowest BCUT2D eigenvalue weighted by atomic mass is 10.3. The van der Waals surface area contributed by atoms with Crippen LogP contribution in [0, 0.1) is 3.14 Å². The van der Waals surface area contributed by atoms with Gasteiger partial charge in [0.05, 0.1) is 0 Å². The number of likely N-dealkylation sites (N-methyl/N-ethyl adjacent to an activating group) is 1. The highest BCUT2D eigenvalue weighted by Crippen LogP contribution is 2.34. The maximum Gasteiger partial charge on any atom is 0.512 e. The molecule has 1 aliphatic heterocycles. The Morgan fingerprint density at radius 2 is 1.89 bits per heavy atom. The molecule has 0 saturated carbocycles. The molecule has 104 valence electrons. The summed E-state index contributed by atoms with van der Waals surface area (Å²) in [7, 11) is 2.00. The molecule has 1 aromatic heterocycles. The molecule has 6 nitrogen and oxygen atoms in total. The monoisotopic (exact) mass is 320 g/mol. The van der Waals surface area contributed by atoms with Crippen LogP contribution >= 0.6 is 34.9 Å². The summed E-state index contributed by atoms with van der Waals surface area (Å²) < 4.78 is 5.10. The molecule has 1 aliphatic rings. The molecular weight excluding hydrogens is 308 g/mol. The molecule has 1 N–H and O–H groups in total. The van der Waals surface area contributed by atoms with Crippen molar-refractivity contribution < 1.29 is 19.4 Å². The van der Waals surface area contributed by atoms with Crippen LogP contribution in [0.4, 0.5) is 4.79 Å². The second kappa shape index (κ2) is 5.95. The normalized spacial score (nSPS) is 16.4.